The second-order valence-electron chi connectivity index (χ2n) is 6.17. The van der Waals surface area contributed by atoms with E-state index in [2.05, 4.69) is 15.9 Å². The van der Waals surface area contributed by atoms with E-state index >= 15 is 0 Å². The van der Waals surface area contributed by atoms with Gasteiger partial charge in [0.1, 0.15) is 11.5 Å². The molecular formula is C22H18BrCl2NO3. The van der Waals surface area contributed by atoms with Crippen molar-refractivity contribution in [2.24, 2.45) is 0 Å². The fourth-order valence-electron chi connectivity index (χ4n) is 2.65. The van der Waals surface area contributed by atoms with Crippen LogP contribution in [0.1, 0.15) is 5.56 Å². The third-order valence-corrected chi connectivity index (χ3v) is 5.46. The third kappa shape index (κ3) is 5.89. The molecule has 0 saturated carbocycles. The molecule has 0 unspecified atom stereocenters. The standard InChI is InChI=1S/C22H18BrCl2NO3/c1-28-18-8-6-17(7-9-18)26(13-15-2-4-16(23)5-3-15)22(27)14-29-19-10-11-20(24)21(25)12-19/h2-12H,13-14H2,1H3. The lowest BCUT2D eigenvalue weighted by molar-refractivity contribution is -0.120. The summed E-state index contributed by atoms with van der Waals surface area (Å²) in [6.45, 7) is 0.268. The quantitative estimate of drug-likeness (QED) is 0.382. The molecule has 1 amide bonds. The van der Waals surface area contributed by atoms with Gasteiger partial charge in [-0.15, -0.1) is 0 Å². The molecule has 0 saturated heterocycles. The molecule has 0 fully saturated rings. The molecule has 0 aliphatic rings. The molecule has 4 nitrogen and oxygen atoms in total. The summed E-state index contributed by atoms with van der Waals surface area (Å²) in [5, 5.41) is 0.805. The van der Waals surface area contributed by atoms with Crippen LogP contribution in [0.4, 0.5) is 5.69 Å². The van der Waals surface area contributed by atoms with E-state index in [0.717, 1.165) is 21.5 Å². The largest absolute Gasteiger partial charge is 0.497 e. The van der Waals surface area contributed by atoms with Crippen LogP contribution in [0.3, 0.4) is 0 Å². The summed E-state index contributed by atoms with van der Waals surface area (Å²) >= 11 is 15.4. The third-order valence-electron chi connectivity index (χ3n) is 4.19. The van der Waals surface area contributed by atoms with Gasteiger partial charge in [0.15, 0.2) is 6.61 Å². The number of hydrogen-bond donors (Lipinski definition) is 0. The van der Waals surface area contributed by atoms with Gasteiger partial charge >= 0.3 is 0 Å². The summed E-state index contributed by atoms with van der Waals surface area (Å²) in [6.07, 6.45) is 0. The van der Waals surface area contributed by atoms with E-state index in [4.69, 9.17) is 32.7 Å². The molecular weight excluding hydrogens is 477 g/mol. The van der Waals surface area contributed by atoms with E-state index in [1.165, 1.54) is 0 Å². The van der Waals surface area contributed by atoms with Crippen molar-refractivity contribution in [1.82, 2.24) is 0 Å². The van der Waals surface area contributed by atoms with Gasteiger partial charge in [-0.2, -0.15) is 0 Å². The Morgan fingerprint density at radius 2 is 1.59 bits per heavy atom. The average Bonchev–Trinajstić information content (AvgIpc) is 2.74. The van der Waals surface area contributed by atoms with Gasteiger partial charge in [-0.1, -0.05) is 51.3 Å². The van der Waals surface area contributed by atoms with Crippen LogP contribution in [0.25, 0.3) is 0 Å². The first-order chi connectivity index (χ1) is 14.0. The Kier molecular flexibility index (Phi) is 7.42. The number of hydrogen-bond acceptors (Lipinski definition) is 3. The molecule has 0 aliphatic heterocycles. The van der Waals surface area contributed by atoms with E-state index < -0.39 is 0 Å². The Morgan fingerprint density at radius 1 is 0.931 bits per heavy atom. The van der Waals surface area contributed by atoms with Gasteiger partial charge in [-0.05, 0) is 54.1 Å². The number of methoxy groups -OCH3 is 1. The zero-order valence-electron chi connectivity index (χ0n) is 15.6. The second kappa shape index (κ2) is 10.0. The highest BCUT2D eigenvalue weighted by Gasteiger charge is 2.17. The van der Waals surface area contributed by atoms with Gasteiger partial charge in [0, 0.05) is 16.2 Å². The molecule has 0 N–H and O–H groups in total. The molecule has 3 rings (SSSR count). The SMILES string of the molecule is COc1ccc(N(Cc2ccc(Br)cc2)C(=O)COc2ccc(Cl)c(Cl)c2)cc1. The van der Waals surface area contributed by atoms with Crippen molar-refractivity contribution in [1.29, 1.82) is 0 Å². The number of anilines is 1. The summed E-state index contributed by atoms with van der Waals surface area (Å²) in [6, 6.07) is 20.0. The molecule has 0 heterocycles. The maximum absolute atomic E-state index is 13.0. The fraction of sp³-hybridized carbons (Fsp3) is 0.136. The number of ether oxygens (including phenoxy) is 2. The van der Waals surface area contributed by atoms with Crippen molar-refractivity contribution < 1.29 is 14.3 Å². The van der Waals surface area contributed by atoms with Gasteiger partial charge < -0.3 is 14.4 Å². The molecule has 0 atom stereocenters. The number of nitrogens with zero attached hydrogens (tertiary/aromatic N) is 1. The summed E-state index contributed by atoms with van der Waals surface area (Å²) in [7, 11) is 1.60. The van der Waals surface area contributed by atoms with E-state index in [1.807, 2.05) is 48.5 Å². The topological polar surface area (TPSA) is 38.8 Å². The van der Waals surface area contributed by atoms with E-state index in [-0.39, 0.29) is 12.5 Å². The van der Waals surface area contributed by atoms with Crippen LogP contribution < -0.4 is 14.4 Å². The van der Waals surface area contributed by atoms with Gasteiger partial charge in [0.05, 0.1) is 23.7 Å². The maximum atomic E-state index is 13.0. The van der Waals surface area contributed by atoms with E-state index in [0.29, 0.717) is 22.3 Å². The Labute approximate surface area is 188 Å². The van der Waals surface area contributed by atoms with Crippen molar-refractivity contribution in [3.8, 4) is 11.5 Å². The van der Waals surface area contributed by atoms with Gasteiger partial charge in [0.25, 0.3) is 5.91 Å². The van der Waals surface area contributed by atoms with Crippen LogP contribution in [0.15, 0.2) is 71.2 Å². The minimum absolute atomic E-state index is 0.138. The van der Waals surface area contributed by atoms with Crippen molar-refractivity contribution in [3.05, 3.63) is 86.8 Å². The first kappa shape index (κ1) is 21.5. The first-order valence-corrected chi connectivity index (χ1v) is 10.3. The van der Waals surface area contributed by atoms with Gasteiger partial charge in [-0.3, -0.25) is 4.79 Å². The highest BCUT2D eigenvalue weighted by atomic mass is 79.9. The summed E-state index contributed by atoms with van der Waals surface area (Å²) in [4.78, 5) is 14.7. The zero-order valence-corrected chi connectivity index (χ0v) is 18.7. The number of amides is 1. The first-order valence-electron chi connectivity index (χ1n) is 8.73. The van der Waals surface area contributed by atoms with E-state index in [9.17, 15) is 4.79 Å². The zero-order chi connectivity index (χ0) is 20.8. The lowest BCUT2D eigenvalue weighted by atomic mass is 10.2. The van der Waals surface area contributed by atoms with Crippen LogP contribution in [0, 0.1) is 0 Å². The predicted molar refractivity (Wildman–Crippen MR) is 120 cm³/mol. The average molecular weight is 495 g/mol. The lowest BCUT2D eigenvalue weighted by Gasteiger charge is -2.23. The van der Waals surface area contributed by atoms with Crippen molar-refractivity contribution in [3.63, 3.8) is 0 Å². The molecule has 7 heteroatoms. The second-order valence-corrected chi connectivity index (χ2v) is 7.90. The lowest BCUT2D eigenvalue weighted by Crippen LogP contribution is -2.34. The smallest absolute Gasteiger partial charge is 0.265 e. The molecule has 29 heavy (non-hydrogen) atoms. The predicted octanol–water partition coefficient (Wildman–Crippen LogP) is 6.38. The van der Waals surface area contributed by atoms with Crippen molar-refractivity contribution >= 4 is 50.7 Å². The van der Waals surface area contributed by atoms with Crippen LogP contribution in [-0.4, -0.2) is 19.6 Å². The number of rotatable bonds is 7. The molecule has 0 aliphatic carbocycles. The highest BCUT2D eigenvalue weighted by molar-refractivity contribution is 9.10. The molecule has 3 aromatic carbocycles. The Balaban J connectivity index is 1.79. The molecule has 0 bridgehead atoms. The molecule has 150 valence electrons. The highest BCUT2D eigenvalue weighted by Crippen LogP contribution is 2.27. The number of carbonyl (C=O) groups is 1. The Bertz CT molecular complexity index is 978. The summed E-state index contributed by atoms with van der Waals surface area (Å²) in [5.74, 6) is 1.01. The normalized spacial score (nSPS) is 10.5. The molecule has 0 aromatic heterocycles. The van der Waals surface area contributed by atoms with Crippen molar-refractivity contribution in [2.75, 3.05) is 18.6 Å². The summed E-state index contributed by atoms with van der Waals surface area (Å²) < 4.78 is 11.8. The number of halogens is 3. The van der Waals surface area contributed by atoms with Crippen molar-refractivity contribution in [2.45, 2.75) is 6.54 Å². The Morgan fingerprint density at radius 3 is 2.21 bits per heavy atom. The van der Waals surface area contributed by atoms with Crippen LogP contribution in [0.5, 0.6) is 11.5 Å². The Hall–Kier alpha value is -2.21. The minimum atomic E-state index is -0.191. The number of benzene rings is 3. The summed E-state index contributed by atoms with van der Waals surface area (Å²) in [5.41, 5.74) is 1.74. The van der Waals surface area contributed by atoms with Gasteiger partial charge in [0.2, 0.25) is 0 Å². The molecule has 0 radical (unpaired) electrons. The molecule has 3 aromatic rings. The van der Waals surface area contributed by atoms with Crippen LogP contribution in [-0.2, 0) is 11.3 Å². The molecule has 0 spiro atoms. The van der Waals surface area contributed by atoms with Gasteiger partial charge in [-0.25, -0.2) is 0 Å². The minimum Gasteiger partial charge on any atom is -0.497 e. The van der Waals surface area contributed by atoms with E-state index in [1.54, 1.807) is 30.2 Å². The monoisotopic (exact) mass is 493 g/mol. The maximum Gasteiger partial charge on any atom is 0.265 e. The fourth-order valence-corrected chi connectivity index (χ4v) is 3.20. The van der Waals surface area contributed by atoms with Crippen LogP contribution in [0.2, 0.25) is 10.0 Å². The number of carbonyl (C=O) groups excluding carboxylic acids is 1. The van der Waals surface area contributed by atoms with Crippen LogP contribution >= 0.6 is 39.1 Å².